The van der Waals surface area contributed by atoms with Crippen molar-refractivity contribution in [2.24, 2.45) is 7.05 Å². The van der Waals surface area contributed by atoms with Crippen molar-refractivity contribution < 1.29 is 4.79 Å². The minimum atomic E-state index is -0.296. The molecule has 0 atom stereocenters. The van der Waals surface area contributed by atoms with Crippen LogP contribution in [0.2, 0.25) is 0 Å². The molecule has 0 unspecified atom stereocenters. The Bertz CT molecular complexity index is 756. The van der Waals surface area contributed by atoms with Crippen molar-refractivity contribution in [3.05, 3.63) is 62.5 Å². The van der Waals surface area contributed by atoms with Crippen molar-refractivity contribution in [1.29, 1.82) is 0 Å². The Hall–Kier alpha value is -1.88. The number of benzene rings is 1. The Morgan fingerprint density at radius 2 is 1.77 bits per heavy atom. The van der Waals surface area contributed by atoms with E-state index in [9.17, 15) is 9.59 Å². The monoisotopic (exact) mass is 362 g/mol. The van der Waals surface area contributed by atoms with Crippen LogP contribution >= 0.6 is 15.9 Å². The molecule has 1 aromatic carbocycles. The van der Waals surface area contributed by atoms with Gasteiger partial charge in [0.15, 0.2) is 0 Å². The molecule has 0 saturated heterocycles. The number of halogens is 1. The summed E-state index contributed by atoms with van der Waals surface area (Å²) in [7, 11) is 1.64. The van der Waals surface area contributed by atoms with Gasteiger partial charge >= 0.3 is 0 Å². The molecule has 4 nitrogen and oxygen atoms in total. The molecule has 2 rings (SSSR count). The largest absolute Gasteiger partial charge is 0.317 e. The summed E-state index contributed by atoms with van der Waals surface area (Å²) in [5.41, 5.74) is 1.72. The van der Waals surface area contributed by atoms with Crippen molar-refractivity contribution in [2.45, 2.75) is 26.2 Å². The molecular formula is C17H19BrN2O2. The molecule has 0 radical (unpaired) electrons. The molecule has 0 fully saturated rings. The van der Waals surface area contributed by atoms with Crippen LogP contribution in [0, 0.1) is 0 Å². The number of hydrogen-bond donors (Lipinski definition) is 1. The fourth-order valence-corrected chi connectivity index (χ4v) is 2.61. The van der Waals surface area contributed by atoms with Gasteiger partial charge in [0.1, 0.15) is 5.69 Å². The molecule has 0 saturated carbocycles. The third kappa shape index (κ3) is 3.65. The highest BCUT2D eigenvalue weighted by atomic mass is 79.9. The Labute approximate surface area is 138 Å². The molecule has 1 heterocycles. The molecule has 5 heteroatoms. The van der Waals surface area contributed by atoms with Gasteiger partial charge in [0.25, 0.3) is 11.5 Å². The summed E-state index contributed by atoms with van der Waals surface area (Å²) in [6, 6.07) is 9.03. The summed E-state index contributed by atoms with van der Waals surface area (Å²) in [5.74, 6) is -0.296. The van der Waals surface area contributed by atoms with Gasteiger partial charge in [-0.1, -0.05) is 32.9 Å². The standard InChI is InChI=1S/C17H19BrN2O2/c1-17(2,3)12-7-5-11(6-8-12)15(21)19-14-9-13(18)10-20(4)16(14)22/h5-10H,1-4H3,(H,19,21). The van der Waals surface area contributed by atoms with E-state index in [0.29, 0.717) is 5.56 Å². The molecule has 0 aliphatic heterocycles. The number of anilines is 1. The molecule has 22 heavy (non-hydrogen) atoms. The number of aromatic nitrogens is 1. The lowest BCUT2D eigenvalue weighted by atomic mass is 9.87. The zero-order valence-electron chi connectivity index (χ0n) is 13.1. The van der Waals surface area contributed by atoms with Crippen LogP contribution in [-0.4, -0.2) is 10.5 Å². The summed E-state index contributed by atoms with van der Waals surface area (Å²) in [5, 5.41) is 2.66. The van der Waals surface area contributed by atoms with E-state index in [1.165, 1.54) is 4.57 Å². The quantitative estimate of drug-likeness (QED) is 0.885. The fraction of sp³-hybridized carbons (Fsp3) is 0.294. The Morgan fingerprint density at radius 1 is 1.18 bits per heavy atom. The van der Waals surface area contributed by atoms with Gasteiger partial charge in [-0.15, -0.1) is 0 Å². The van der Waals surface area contributed by atoms with E-state index < -0.39 is 0 Å². The number of rotatable bonds is 2. The molecule has 0 bridgehead atoms. The van der Waals surface area contributed by atoms with Gasteiger partial charge in [-0.05, 0) is 45.1 Å². The first-order valence-electron chi connectivity index (χ1n) is 6.96. The SMILES string of the molecule is Cn1cc(Br)cc(NC(=O)c2ccc(C(C)(C)C)cc2)c1=O. The molecular weight excluding hydrogens is 344 g/mol. The van der Waals surface area contributed by atoms with Crippen molar-refractivity contribution in [1.82, 2.24) is 4.57 Å². The van der Waals surface area contributed by atoms with Gasteiger partial charge in [-0.25, -0.2) is 0 Å². The van der Waals surface area contributed by atoms with Crippen LogP contribution in [0.5, 0.6) is 0 Å². The smallest absolute Gasteiger partial charge is 0.274 e. The summed E-state index contributed by atoms with van der Waals surface area (Å²) in [6.45, 7) is 6.36. The van der Waals surface area contributed by atoms with Gasteiger partial charge in [-0.2, -0.15) is 0 Å². The van der Waals surface area contributed by atoms with Crippen molar-refractivity contribution in [2.75, 3.05) is 5.32 Å². The predicted molar refractivity (Wildman–Crippen MR) is 92.5 cm³/mol. The van der Waals surface area contributed by atoms with Gasteiger partial charge in [0.2, 0.25) is 0 Å². The molecule has 1 aromatic heterocycles. The minimum Gasteiger partial charge on any atom is -0.317 e. The molecule has 2 aromatic rings. The Kier molecular flexibility index (Phi) is 4.56. The first kappa shape index (κ1) is 16.5. The maximum Gasteiger partial charge on any atom is 0.274 e. The van der Waals surface area contributed by atoms with E-state index in [2.05, 4.69) is 42.0 Å². The summed E-state index contributed by atoms with van der Waals surface area (Å²) in [4.78, 5) is 24.3. The van der Waals surface area contributed by atoms with Gasteiger partial charge in [0, 0.05) is 23.3 Å². The van der Waals surface area contributed by atoms with Crippen LogP contribution < -0.4 is 10.9 Å². The van der Waals surface area contributed by atoms with Crippen molar-refractivity contribution in [3.63, 3.8) is 0 Å². The fourth-order valence-electron chi connectivity index (χ4n) is 2.08. The Balaban J connectivity index is 2.25. The summed E-state index contributed by atoms with van der Waals surface area (Å²) >= 11 is 3.31. The molecule has 0 aliphatic rings. The molecule has 0 aliphatic carbocycles. The number of pyridine rings is 1. The third-order valence-electron chi connectivity index (χ3n) is 3.41. The molecule has 0 spiro atoms. The van der Waals surface area contributed by atoms with E-state index in [0.717, 1.165) is 10.0 Å². The van der Waals surface area contributed by atoms with Crippen LogP contribution in [0.15, 0.2) is 45.8 Å². The van der Waals surface area contributed by atoms with E-state index in [4.69, 9.17) is 0 Å². The number of nitrogens with one attached hydrogen (secondary N) is 1. The van der Waals surface area contributed by atoms with Crippen molar-refractivity contribution in [3.8, 4) is 0 Å². The number of nitrogens with zero attached hydrogens (tertiary/aromatic N) is 1. The number of amides is 1. The molecule has 1 amide bonds. The second-order valence-corrected chi connectivity index (χ2v) is 7.19. The minimum absolute atomic E-state index is 0.0369. The van der Waals surface area contributed by atoms with Crippen LogP contribution in [-0.2, 0) is 12.5 Å². The number of carbonyl (C=O) groups excluding carboxylic acids is 1. The van der Waals surface area contributed by atoms with Crippen LogP contribution in [0.1, 0.15) is 36.7 Å². The van der Waals surface area contributed by atoms with E-state index in [-0.39, 0.29) is 22.6 Å². The highest BCUT2D eigenvalue weighted by Crippen LogP contribution is 2.22. The van der Waals surface area contributed by atoms with Gasteiger partial charge in [-0.3, -0.25) is 9.59 Å². The Morgan fingerprint density at radius 3 is 2.32 bits per heavy atom. The van der Waals surface area contributed by atoms with Crippen LogP contribution in [0.25, 0.3) is 0 Å². The van der Waals surface area contributed by atoms with E-state index in [1.807, 2.05) is 12.1 Å². The lowest BCUT2D eigenvalue weighted by Gasteiger charge is -2.19. The topological polar surface area (TPSA) is 51.1 Å². The van der Waals surface area contributed by atoms with Gasteiger partial charge < -0.3 is 9.88 Å². The summed E-state index contributed by atoms with van der Waals surface area (Å²) in [6.07, 6.45) is 1.65. The number of carbonyl (C=O) groups is 1. The molecule has 116 valence electrons. The lowest BCUT2D eigenvalue weighted by Crippen LogP contribution is -2.24. The number of aryl methyl sites for hydroxylation is 1. The van der Waals surface area contributed by atoms with E-state index >= 15 is 0 Å². The zero-order valence-corrected chi connectivity index (χ0v) is 14.7. The second kappa shape index (κ2) is 6.08. The predicted octanol–water partition coefficient (Wildman–Crippen LogP) is 3.70. The zero-order chi connectivity index (χ0) is 16.5. The third-order valence-corrected chi connectivity index (χ3v) is 3.84. The van der Waals surface area contributed by atoms with Crippen LogP contribution in [0.4, 0.5) is 5.69 Å². The van der Waals surface area contributed by atoms with Crippen LogP contribution in [0.3, 0.4) is 0 Å². The van der Waals surface area contributed by atoms with E-state index in [1.54, 1.807) is 31.4 Å². The highest BCUT2D eigenvalue weighted by Gasteiger charge is 2.15. The normalized spacial score (nSPS) is 11.3. The van der Waals surface area contributed by atoms with Crippen molar-refractivity contribution >= 4 is 27.5 Å². The number of hydrogen-bond acceptors (Lipinski definition) is 2. The molecule has 1 N–H and O–H groups in total. The first-order valence-corrected chi connectivity index (χ1v) is 7.76. The maximum absolute atomic E-state index is 12.3. The summed E-state index contributed by atoms with van der Waals surface area (Å²) < 4.78 is 2.15. The maximum atomic E-state index is 12.3. The highest BCUT2D eigenvalue weighted by molar-refractivity contribution is 9.10. The lowest BCUT2D eigenvalue weighted by molar-refractivity contribution is 0.102. The first-order chi connectivity index (χ1) is 10.2. The second-order valence-electron chi connectivity index (χ2n) is 6.27. The average molecular weight is 363 g/mol. The average Bonchev–Trinajstić information content (AvgIpc) is 2.43. The van der Waals surface area contributed by atoms with Gasteiger partial charge in [0.05, 0.1) is 0 Å².